The molecular formula is C21H18F2O2. The maximum absolute atomic E-state index is 13.9. The number of carbonyl (C=O) groups excluding carboxylic acids is 2. The maximum Gasteiger partial charge on any atom is 0.191 e. The summed E-state index contributed by atoms with van der Waals surface area (Å²) in [6, 6.07) is 11.7. The van der Waals surface area contributed by atoms with Gasteiger partial charge in [0.25, 0.3) is 0 Å². The predicted octanol–water partition coefficient (Wildman–Crippen LogP) is 5.15. The number of ketones is 2. The van der Waals surface area contributed by atoms with Gasteiger partial charge in [0.1, 0.15) is 11.6 Å². The molecule has 0 spiro atoms. The molecule has 0 N–H and O–H groups in total. The van der Waals surface area contributed by atoms with E-state index in [0.29, 0.717) is 12.0 Å². The molecule has 0 fully saturated rings. The van der Waals surface area contributed by atoms with E-state index in [2.05, 4.69) is 0 Å². The summed E-state index contributed by atoms with van der Waals surface area (Å²) >= 11 is 0. The highest BCUT2D eigenvalue weighted by atomic mass is 19.1. The van der Waals surface area contributed by atoms with Crippen molar-refractivity contribution in [3.63, 3.8) is 0 Å². The van der Waals surface area contributed by atoms with Crippen LogP contribution in [-0.2, 0) is 0 Å². The molecule has 2 aromatic carbocycles. The molecule has 0 saturated carbocycles. The van der Waals surface area contributed by atoms with Gasteiger partial charge in [-0.15, -0.1) is 0 Å². The molecule has 0 amide bonds. The Hall–Kier alpha value is -2.62. The van der Waals surface area contributed by atoms with Gasteiger partial charge in [-0.2, -0.15) is 0 Å². The smallest absolute Gasteiger partial charge is 0.191 e. The minimum absolute atomic E-state index is 0.0130. The first-order chi connectivity index (χ1) is 12.1. The number of Topliss-reactive ketones (excluding diaryl/α,β-unsaturated/α-hetero) is 2. The van der Waals surface area contributed by atoms with E-state index in [9.17, 15) is 18.4 Å². The molecule has 0 bridgehead atoms. The highest BCUT2D eigenvalue weighted by molar-refractivity contribution is 6.10. The van der Waals surface area contributed by atoms with Gasteiger partial charge >= 0.3 is 0 Å². The number of hydrogen-bond acceptors (Lipinski definition) is 2. The van der Waals surface area contributed by atoms with E-state index in [0.717, 1.165) is 12.8 Å². The third-order valence-electron chi connectivity index (χ3n) is 4.55. The van der Waals surface area contributed by atoms with Gasteiger partial charge in [-0.25, -0.2) is 8.78 Å². The molecule has 3 rings (SSSR count). The lowest BCUT2D eigenvalue weighted by Gasteiger charge is -2.23. The monoisotopic (exact) mass is 340 g/mol. The van der Waals surface area contributed by atoms with Gasteiger partial charge in [-0.1, -0.05) is 30.3 Å². The van der Waals surface area contributed by atoms with Crippen LogP contribution in [0.1, 0.15) is 46.4 Å². The summed E-state index contributed by atoms with van der Waals surface area (Å²) in [5.41, 5.74) is 0.505. The topological polar surface area (TPSA) is 34.1 Å². The highest BCUT2D eigenvalue weighted by Gasteiger charge is 2.28. The molecular weight excluding hydrogens is 322 g/mol. The number of carbonyl (C=O) groups is 2. The van der Waals surface area contributed by atoms with E-state index in [1.165, 1.54) is 36.4 Å². The predicted molar refractivity (Wildman–Crippen MR) is 91.5 cm³/mol. The van der Waals surface area contributed by atoms with E-state index in [1.54, 1.807) is 18.2 Å². The van der Waals surface area contributed by atoms with Crippen molar-refractivity contribution in [2.24, 2.45) is 5.92 Å². The van der Waals surface area contributed by atoms with Crippen molar-refractivity contribution >= 4 is 11.6 Å². The fourth-order valence-corrected chi connectivity index (χ4v) is 3.26. The summed E-state index contributed by atoms with van der Waals surface area (Å²) in [7, 11) is 0. The van der Waals surface area contributed by atoms with Crippen LogP contribution >= 0.6 is 0 Å². The molecule has 25 heavy (non-hydrogen) atoms. The second-order valence-corrected chi connectivity index (χ2v) is 6.20. The Morgan fingerprint density at radius 1 is 0.920 bits per heavy atom. The minimum atomic E-state index is -0.571. The first-order valence-corrected chi connectivity index (χ1v) is 8.35. The lowest BCUT2D eigenvalue weighted by molar-refractivity contribution is 0.0950. The summed E-state index contributed by atoms with van der Waals surface area (Å²) in [6.07, 6.45) is 4.07. The lowest BCUT2D eigenvalue weighted by Crippen LogP contribution is -2.21. The van der Waals surface area contributed by atoms with Crippen molar-refractivity contribution < 1.29 is 18.4 Å². The SMILES string of the molecule is O=C(C[C@@H]1CCCC=C1C(=O)c1ccccc1F)c1ccccc1F. The summed E-state index contributed by atoms with van der Waals surface area (Å²) in [6.45, 7) is 0. The minimum Gasteiger partial charge on any atom is -0.294 e. The molecule has 1 aliphatic rings. The number of benzene rings is 2. The Balaban J connectivity index is 1.83. The maximum atomic E-state index is 13.9. The second-order valence-electron chi connectivity index (χ2n) is 6.20. The van der Waals surface area contributed by atoms with Crippen molar-refractivity contribution in [2.45, 2.75) is 25.7 Å². The molecule has 0 unspecified atom stereocenters. The number of halogens is 2. The zero-order valence-electron chi connectivity index (χ0n) is 13.7. The third-order valence-corrected chi connectivity index (χ3v) is 4.55. The van der Waals surface area contributed by atoms with Crippen molar-refractivity contribution in [2.75, 3.05) is 0 Å². The van der Waals surface area contributed by atoms with Crippen LogP contribution in [0, 0.1) is 17.6 Å². The van der Waals surface area contributed by atoms with Gasteiger partial charge < -0.3 is 0 Å². The fourth-order valence-electron chi connectivity index (χ4n) is 3.26. The second kappa shape index (κ2) is 7.51. The number of rotatable bonds is 5. The molecule has 1 aliphatic carbocycles. The highest BCUT2D eigenvalue weighted by Crippen LogP contribution is 2.32. The largest absolute Gasteiger partial charge is 0.294 e. The Labute approximate surface area is 145 Å². The molecule has 128 valence electrons. The first-order valence-electron chi connectivity index (χ1n) is 8.35. The number of allylic oxidation sites excluding steroid dienone is 2. The third kappa shape index (κ3) is 3.73. The summed E-state index contributed by atoms with van der Waals surface area (Å²) in [5.74, 6) is -2.17. The molecule has 0 saturated heterocycles. The van der Waals surface area contributed by atoms with E-state index >= 15 is 0 Å². The van der Waals surface area contributed by atoms with Crippen LogP contribution in [0.5, 0.6) is 0 Å². The van der Waals surface area contributed by atoms with Crippen molar-refractivity contribution in [3.05, 3.63) is 82.9 Å². The Bertz CT molecular complexity index is 839. The van der Waals surface area contributed by atoms with Gasteiger partial charge in [0.2, 0.25) is 0 Å². The summed E-state index contributed by atoms with van der Waals surface area (Å²) < 4.78 is 27.8. The van der Waals surface area contributed by atoms with Crippen LogP contribution in [0.25, 0.3) is 0 Å². The Kier molecular flexibility index (Phi) is 5.17. The molecule has 2 nitrogen and oxygen atoms in total. The van der Waals surface area contributed by atoms with Gasteiger partial charge in [-0.3, -0.25) is 9.59 Å². The molecule has 0 heterocycles. The quantitative estimate of drug-likeness (QED) is 0.706. The van der Waals surface area contributed by atoms with Crippen LogP contribution in [-0.4, -0.2) is 11.6 Å². The van der Waals surface area contributed by atoms with Crippen LogP contribution in [0.4, 0.5) is 8.78 Å². The molecule has 4 heteroatoms. The molecule has 0 radical (unpaired) electrons. The van der Waals surface area contributed by atoms with E-state index in [-0.39, 0.29) is 35.0 Å². The zero-order chi connectivity index (χ0) is 17.8. The summed E-state index contributed by atoms with van der Waals surface area (Å²) in [5, 5.41) is 0. The van der Waals surface area contributed by atoms with E-state index < -0.39 is 11.6 Å². The van der Waals surface area contributed by atoms with Crippen LogP contribution in [0.15, 0.2) is 60.2 Å². The summed E-state index contributed by atoms with van der Waals surface area (Å²) in [4.78, 5) is 25.2. The standard InChI is InChI=1S/C21H18F2O2/c22-18-11-5-3-9-16(18)20(24)13-14-7-1-2-8-15(14)21(25)17-10-4-6-12-19(17)23/h3-6,8-12,14H,1-2,7,13H2/t14-/m0/s1. The average molecular weight is 340 g/mol. The molecule has 0 aliphatic heterocycles. The van der Waals surface area contributed by atoms with Crippen molar-refractivity contribution in [1.29, 1.82) is 0 Å². The van der Waals surface area contributed by atoms with Gasteiger partial charge in [0, 0.05) is 6.42 Å². The van der Waals surface area contributed by atoms with E-state index in [4.69, 9.17) is 0 Å². The first kappa shape index (κ1) is 17.2. The van der Waals surface area contributed by atoms with Gasteiger partial charge in [-0.05, 0) is 55.0 Å². The molecule has 1 atom stereocenters. The van der Waals surface area contributed by atoms with Crippen molar-refractivity contribution in [1.82, 2.24) is 0 Å². The van der Waals surface area contributed by atoms with Crippen LogP contribution in [0.2, 0.25) is 0 Å². The fraction of sp³-hybridized carbons (Fsp3) is 0.238. The normalized spacial score (nSPS) is 17.0. The molecule has 0 aromatic heterocycles. The van der Waals surface area contributed by atoms with Crippen molar-refractivity contribution in [3.8, 4) is 0 Å². The zero-order valence-corrected chi connectivity index (χ0v) is 13.7. The molecule has 2 aromatic rings. The average Bonchev–Trinajstić information content (AvgIpc) is 2.62. The number of hydrogen-bond donors (Lipinski definition) is 0. The van der Waals surface area contributed by atoms with E-state index in [1.807, 2.05) is 0 Å². The Morgan fingerprint density at radius 3 is 2.16 bits per heavy atom. The van der Waals surface area contributed by atoms with Crippen LogP contribution in [0.3, 0.4) is 0 Å². The van der Waals surface area contributed by atoms with Gasteiger partial charge in [0.15, 0.2) is 11.6 Å². The van der Waals surface area contributed by atoms with Gasteiger partial charge in [0.05, 0.1) is 11.1 Å². The van der Waals surface area contributed by atoms with Crippen LogP contribution < -0.4 is 0 Å². The lowest BCUT2D eigenvalue weighted by atomic mass is 9.80. The Morgan fingerprint density at radius 2 is 1.52 bits per heavy atom.